The normalized spacial score (nSPS) is 11.1. The molecule has 0 radical (unpaired) electrons. The van der Waals surface area contributed by atoms with Gasteiger partial charge in [0.15, 0.2) is 0 Å². The van der Waals surface area contributed by atoms with Gasteiger partial charge in [-0.05, 0) is 12.8 Å². The van der Waals surface area contributed by atoms with Crippen molar-refractivity contribution in [1.29, 1.82) is 0 Å². The van der Waals surface area contributed by atoms with Crippen LogP contribution in [0.25, 0.3) is 0 Å². The second-order valence-electron chi connectivity index (χ2n) is 5.48. The minimum Gasteiger partial charge on any atom is -0.497 e. The Morgan fingerprint density at radius 3 is 2.70 bits per heavy atom. The second-order valence-corrected chi connectivity index (χ2v) is 6.01. The molecule has 2 N–H and O–H groups in total. The van der Waals surface area contributed by atoms with E-state index >= 15 is 0 Å². The predicted octanol–water partition coefficient (Wildman–Crippen LogP) is 2.53. The molecule has 0 aliphatic carbocycles. The van der Waals surface area contributed by atoms with Crippen LogP contribution in [0.1, 0.15) is 31.7 Å². The van der Waals surface area contributed by atoms with Crippen LogP contribution in [0.5, 0.6) is 5.75 Å². The van der Waals surface area contributed by atoms with E-state index in [1.165, 1.54) is 0 Å². The van der Waals surface area contributed by atoms with Crippen molar-refractivity contribution in [3.05, 3.63) is 23.5 Å². The maximum absolute atomic E-state index is 5.60. The quantitative estimate of drug-likeness (QED) is 0.747. The van der Waals surface area contributed by atoms with Crippen molar-refractivity contribution in [1.82, 2.24) is 9.88 Å². The van der Waals surface area contributed by atoms with Gasteiger partial charge in [-0.3, -0.25) is 9.88 Å². The van der Waals surface area contributed by atoms with Crippen molar-refractivity contribution in [2.45, 2.75) is 33.7 Å². The van der Waals surface area contributed by atoms with Gasteiger partial charge in [0.2, 0.25) is 0 Å². The molecule has 1 rings (SSSR count). The first kappa shape index (κ1) is 16.9. The van der Waals surface area contributed by atoms with Gasteiger partial charge in [0, 0.05) is 43.9 Å². The number of nitrogens with zero attached hydrogens (tertiary/aromatic N) is 2. The van der Waals surface area contributed by atoms with Gasteiger partial charge in [-0.25, -0.2) is 0 Å². The summed E-state index contributed by atoms with van der Waals surface area (Å²) >= 11 is 4.97. The lowest BCUT2D eigenvalue weighted by molar-refractivity contribution is 0.239. The maximum atomic E-state index is 5.60. The first-order valence-corrected chi connectivity index (χ1v) is 7.33. The molecule has 20 heavy (non-hydrogen) atoms. The fourth-order valence-corrected chi connectivity index (χ4v) is 2.24. The van der Waals surface area contributed by atoms with E-state index in [9.17, 15) is 0 Å². The average Bonchev–Trinajstić information content (AvgIpc) is 2.34. The molecule has 0 saturated heterocycles. The summed E-state index contributed by atoms with van der Waals surface area (Å²) in [5.41, 5.74) is 7.59. The molecule has 0 spiro atoms. The number of hydrogen-bond acceptors (Lipinski definition) is 4. The van der Waals surface area contributed by atoms with E-state index in [0.29, 0.717) is 10.9 Å². The van der Waals surface area contributed by atoms with Crippen molar-refractivity contribution in [2.75, 3.05) is 20.2 Å². The Morgan fingerprint density at radius 2 is 2.15 bits per heavy atom. The van der Waals surface area contributed by atoms with Crippen LogP contribution in [-0.2, 0) is 6.54 Å². The van der Waals surface area contributed by atoms with Crippen LogP contribution >= 0.6 is 12.2 Å². The Kier molecular flexibility index (Phi) is 6.88. The molecule has 0 bridgehead atoms. The summed E-state index contributed by atoms with van der Waals surface area (Å²) in [7, 11) is 1.68. The van der Waals surface area contributed by atoms with Gasteiger partial charge in [-0.1, -0.05) is 26.1 Å². The summed E-state index contributed by atoms with van der Waals surface area (Å²) in [5, 5.41) is 0. The zero-order valence-electron chi connectivity index (χ0n) is 12.8. The molecular formula is C15H25N3OS. The van der Waals surface area contributed by atoms with Crippen LogP contribution in [0.3, 0.4) is 0 Å². The van der Waals surface area contributed by atoms with Gasteiger partial charge in [0.05, 0.1) is 17.8 Å². The smallest absolute Gasteiger partial charge is 0.122 e. The van der Waals surface area contributed by atoms with E-state index in [1.54, 1.807) is 7.11 Å². The van der Waals surface area contributed by atoms with Crippen LogP contribution in [0.4, 0.5) is 0 Å². The molecule has 0 aromatic carbocycles. The van der Waals surface area contributed by atoms with Gasteiger partial charge < -0.3 is 10.5 Å². The number of aryl methyl sites for hydroxylation is 1. The number of ether oxygens (including phenoxy) is 1. The van der Waals surface area contributed by atoms with Gasteiger partial charge in [-0.2, -0.15) is 0 Å². The average molecular weight is 295 g/mol. The van der Waals surface area contributed by atoms with Crippen molar-refractivity contribution >= 4 is 17.2 Å². The number of thiocarbonyl (C=S) groups is 1. The third-order valence-corrected chi connectivity index (χ3v) is 3.10. The summed E-state index contributed by atoms with van der Waals surface area (Å²) in [6.45, 7) is 9.05. The minimum atomic E-state index is 0.563. The summed E-state index contributed by atoms with van der Waals surface area (Å²) in [4.78, 5) is 7.47. The van der Waals surface area contributed by atoms with Crippen molar-refractivity contribution < 1.29 is 4.74 Å². The largest absolute Gasteiger partial charge is 0.497 e. The maximum Gasteiger partial charge on any atom is 0.122 e. The number of methoxy groups -OCH3 is 1. The van der Waals surface area contributed by atoms with Crippen LogP contribution in [0.2, 0.25) is 0 Å². The molecular weight excluding hydrogens is 270 g/mol. The Balaban J connectivity index is 2.76. The summed E-state index contributed by atoms with van der Waals surface area (Å²) < 4.78 is 5.30. The second kappa shape index (κ2) is 8.17. The highest BCUT2D eigenvalue weighted by Crippen LogP contribution is 2.15. The SMILES string of the molecule is COc1cc(C)nc(CN(CCC(N)=S)CC(C)C)c1. The topological polar surface area (TPSA) is 51.4 Å². The predicted molar refractivity (Wildman–Crippen MR) is 87.0 cm³/mol. The van der Waals surface area contributed by atoms with Crippen LogP contribution < -0.4 is 10.5 Å². The standard InChI is InChI=1S/C15H25N3OS/c1-11(2)9-18(6-5-15(16)20)10-13-8-14(19-4)7-12(3)17-13/h7-8,11H,5-6,9-10H2,1-4H3,(H2,16,20). The van der Waals surface area contributed by atoms with E-state index in [2.05, 4.69) is 23.7 Å². The van der Waals surface area contributed by atoms with Gasteiger partial charge in [0.1, 0.15) is 5.75 Å². The molecule has 112 valence electrons. The monoisotopic (exact) mass is 295 g/mol. The minimum absolute atomic E-state index is 0.563. The van der Waals surface area contributed by atoms with Crippen LogP contribution in [-0.4, -0.2) is 35.1 Å². The fraction of sp³-hybridized carbons (Fsp3) is 0.600. The zero-order chi connectivity index (χ0) is 15.1. The lowest BCUT2D eigenvalue weighted by atomic mass is 10.2. The number of nitrogens with two attached hydrogens (primary N) is 1. The summed E-state index contributed by atoms with van der Waals surface area (Å²) in [6, 6.07) is 3.92. The molecule has 0 amide bonds. The summed E-state index contributed by atoms with van der Waals surface area (Å²) in [5.74, 6) is 1.44. The van der Waals surface area contributed by atoms with Crippen molar-refractivity contribution in [2.24, 2.45) is 11.7 Å². The molecule has 1 aromatic heterocycles. The van der Waals surface area contributed by atoms with E-state index < -0.39 is 0 Å². The van der Waals surface area contributed by atoms with Gasteiger partial charge >= 0.3 is 0 Å². The van der Waals surface area contributed by atoms with Gasteiger partial charge in [0.25, 0.3) is 0 Å². The third kappa shape index (κ3) is 6.30. The third-order valence-electron chi connectivity index (χ3n) is 2.90. The summed E-state index contributed by atoms with van der Waals surface area (Å²) in [6.07, 6.45) is 0.741. The Labute approximate surface area is 127 Å². The molecule has 0 atom stereocenters. The Bertz CT molecular complexity index is 449. The molecule has 1 heterocycles. The Morgan fingerprint density at radius 1 is 1.45 bits per heavy atom. The highest BCUT2D eigenvalue weighted by molar-refractivity contribution is 7.80. The molecule has 0 fully saturated rings. The fourth-order valence-electron chi connectivity index (χ4n) is 2.15. The number of aromatic nitrogens is 1. The molecule has 1 aromatic rings. The zero-order valence-corrected chi connectivity index (χ0v) is 13.7. The van der Waals surface area contributed by atoms with E-state index in [0.717, 1.165) is 43.2 Å². The van der Waals surface area contributed by atoms with Gasteiger partial charge in [-0.15, -0.1) is 0 Å². The number of hydrogen-bond donors (Lipinski definition) is 1. The first-order valence-electron chi connectivity index (χ1n) is 6.93. The van der Waals surface area contributed by atoms with Crippen molar-refractivity contribution in [3.63, 3.8) is 0 Å². The number of pyridine rings is 1. The molecule has 0 saturated carbocycles. The van der Waals surface area contributed by atoms with E-state index in [1.807, 2.05) is 19.1 Å². The highest BCUT2D eigenvalue weighted by atomic mass is 32.1. The number of rotatable bonds is 8. The molecule has 0 aliphatic rings. The lowest BCUT2D eigenvalue weighted by Crippen LogP contribution is -2.31. The first-order chi connectivity index (χ1) is 9.40. The van der Waals surface area contributed by atoms with E-state index in [4.69, 9.17) is 22.7 Å². The highest BCUT2D eigenvalue weighted by Gasteiger charge is 2.11. The molecule has 0 aliphatic heterocycles. The molecule has 5 heteroatoms. The Hall–Kier alpha value is -1.20. The van der Waals surface area contributed by atoms with Crippen LogP contribution in [0.15, 0.2) is 12.1 Å². The molecule has 0 unspecified atom stereocenters. The van der Waals surface area contributed by atoms with Crippen LogP contribution in [0, 0.1) is 12.8 Å². The molecule has 4 nitrogen and oxygen atoms in total. The lowest BCUT2D eigenvalue weighted by Gasteiger charge is -2.24. The van der Waals surface area contributed by atoms with Crippen molar-refractivity contribution in [3.8, 4) is 5.75 Å². The van der Waals surface area contributed by atoms with E-state index in [-0.39, 0.29) is 0 Å².